The first-order valence-electron chi connectivity index (χ1n) is 8.27. The molecule has 0 amide bonds. The molecule has 4 rings (SSSR count). The maximum Gasteiger partial charge on any atom is 0.124 e. The fourth-order valence-electron chi connectivity index (χ4n) is 3.57. The highest BCUT2D eigenvalue weighted by Gasteiger charge is 2.28. The molecule has 0 aromatic heterocycles. The largest absolute Gasteiger partial charge is 0.486 e. The molecule has 0 heterocycles. The lowest BCUT2D eigenvalue weighted by Crippen LogP contribution is -2.19. The lowest BCUT2D eigenvalue weighted by molar-refractivity contribution is 0.179. The van der Waals surface area contributed by atoms with Crippen LogP contribution < -0.4 is 4.74 Å². The Balaban J connectivity index is 1.67. The van der Waals surface area contributed by atoms with Crippen LogP contribution in [0.3, 0.4) is 0 Å². The van der Waals surface area contributed by atoms with E-state index in [0.29, 0.717) is 5.92 Å². The Morgan fingerprint density at radius 2 is 1.22 bits per heavy atom. The first-order valence-corrected chi connectivity index (χ1v) is 8.27. The van der Waals surface area contributed by atoms with E-state index >= 15 is 0 Å². The summed E-state index contributed by atoms with van der Waals surface area (Å²) in [5.41, 5.74) is 4.14. The van der Waals surface area contributed by atoms with Crippen molar-refractivity contribution in [2.75, 3.05) is 0 Å². The van der Waals surface area contributed by atoms with E-state index in [-0.39, 0.29) is 6.10 Å². The van der Waals surface area contributed by atoms with Crippen LogP contribution in [0.1, 0.15) is 41.6 Å². The topological polar surface area (TPSA) is 9.23 Å². The van der Waals surface area contributed by atoms with Gasteiger partial charge in [-0.3, -0.25) is 0 Å². The Morgan fingerprint density at radius 1 is 0.609 bits per heavy atom. The summed E-state index contributed by atoms with van der Waals surface area (Å²) in [5.74, 6) is 1.42. The molecule has 3 aromatic rings. The summed E-state index contributed by atoms with van der Waals surface area (Å²) in [6, 6.07) is 29.7. The van der Waals surface area contributed by atoms with Crippen molar-refractivity contribution in [3.63, 3.8) is 0 Å². The van der Waals surface area contributed by atoms with Crippen molar-refractivity contribution in [1.82, 2.24) is 0 Å². The normalized spacial score (nSPS) is 19.8. The molecule has 0 radical (unpaired) electrons. The Bertz CT molecular complexity index is 764. The molecule has 23 heavy (non-hydrogen) atoms. The van der Waals surface area contributed by atoms with E-state index in [1.165, 1.54) is 16.7 Å². The Hall–Kier alpha value is -2.54. The average Bonchev–Trinajstić information content (AvgIpc) is 2.64. The number of benzene rings is 3. The van der Waals surface area contributed by atoms with Crippen molar-refractivity contribution in [3.8, 4) is 5.75 Å². The van der Waals surface area contributed by atoms with Gasteiger partial charge in [0, 0.05) is 5.92 Å². The molecule has 0 N–H and O–H groups in total. The van der Waals surface area contributed by atoms with E-state index in [9.17, 15) is 0 Å². The minimum atomic E-state index is 0.147. The van der Waals surface area contributed by atoms with Crippen LogP contribution in [0.5, 0.6) is 5.75 Å². The van der Waals surface area contributed by atoms with Crippen molar-refractivity contribution >= 4 is 0 Å². The van der Waals surface area contributed by atoms with Crippen molar-refractivity contribution < 1.29 is 4.74 Å². The minimum absolute atomic E-state index is 0.147. The van der Waals surface area contributed by atoms with Crippen LogP contribution >= 0.6 is 0 Å². The summed E-state index contributed by atoms with van der Waals surface area (Å²) >= 11 is 0. The average molecular weight is 300 g/mol. The van der Waals surface area contributed by atoms with Gasteiger partial charge < -0.3 is 4.74 Å². The zero-order valence-corrected chi connectivity index (χ0v) is 13.1. The quantitative estimate of drug-likeness (QED) is 0.600. The summed E-state index contributed by atoms with van der Waals surface area (Å²) in [6.07, 6.45) is 2.32. The molecular weight excluding hydrogens is 280 g/mol. The molecule has 1 heteroatoms. The van der Waals surface area contributed by atoms with Crippen LogP contribution in [-0.2, 0) is 0 Å². The smallest absolute Gasteiger partial charge is 0.124 e. The van der Waals surface area contributed by atoms with Crippen LogP contribution in [0.25, 0.3) is 0 Å². The summed E-state index contributed by atoms with van der Waals surface area (Å²) in [5, 5.41) is 0. The van der Waals surface area contributed by atoms with Crippen molar-refractivity contribution in [2.24, 2.45) is 0 Å². The number of fused-ring (bicyclic) bond motifs is 1. The minimum Gasteiger partial charge on any atom is -0.486 e. The van der Waals surface area contributed by atoms with Gasteiger partial charge in [0.25, 0.3) is 0 Å². The highest BCUT2D eigenvalue weighted by molar-refractivity contribution is 5.41. The third-order valence-electron chi connectivity index (χ3n) is 4.66. The summed E-state index contributed by atoms with van der Waals surface area (Å²) in [4.78, 5) is 0. The number of rotatable bonds is 3. The second kappa shape index (κ2) is 6.29. The second-order valence-corrected chi connectivity index (χ2v) is 6.09. The molecule has 0 fully saturated rings. The third kappa shape index (κ3) is 2.87. The molecule has 2 atom stereocenters. The standard InChI is InChI=1S/C22H20O/c1-3-9-17(10-4-1)19-15-16-22(21-14-8-7-13-20(19)21)23-18-11-5-2-6-12-18/h1-14,19,22H,15-16H2. The number of ether oxygens (including phenoxy) is 1. The first-order chi connectivity index (χ1) is 11.4. The van der Waals surface area contributed by atoms with E-state index in [1.807, 2.05) is 30.3 Å². The van der Waals surface area contributed by atoms with Gasteiger partial charge in [-0.25, -0.2) is 0 Å². The number of hydrogen-bond donors (Lipinski definition) is 0. The van der Waals surface area contributed by atoms with Gasteiger partial charge in [0.15, 0.2) is 0 Å². The predicted octanol–water partition coefficient (Wildman–Crippen LogP) is 5.73. The van der Waals surface area contributed by atoms with Crippen LogP contribution in [-0.4, -0.2) is 0 Å². The fraction of sp³-hybridized carbons (Fsp3) is 0.182. The molecule has 2 unspecified atom stereocenters. The molecule has 1 aliphatic carbocycles. The molecule has 0 aliphatic heterocycles. The summed E-state index contributed by atoms with van der Waals surface area (Å²) in [6.45, 7) is 0. The molecule has 0 bridgehead atoms. The lowest BCUT2D eigenvalue weighted by atomic mass is 9.77. The fourth-order valence-corrected chi connectivity index (χ4v) is 3.57. The van der Waals surface area contributed by atoms with Gasteiger partial charge in [-0.05, 0) is 41.7 Å². The van der Waals surface area contributed by atoms with Gasteiger partial charge >= 0.3 is 0 Å². The van der Waals surface area contributed by atoms with E-state index in [2.05, 4.69) is 54.6 Å². The molecular formula is C22H20O. The number of hydrogen-bond acceptors (Lipinski definition) is 1. The van der Waals surface area contributed by atoms with Crippen molar-refractivity contribution in [1.29, 1.82) is 0 Å². The molecule has 1 nitrogen and oxygen atoms in total. The van der Waals surface area contributed by atoms with Crippen LogP contribution in [0, 0.1) is 0 Å². The third-order valence-corrected chi connectivity index (χ3v) is 4.66. The van der Waals surface area contributed by atoms with E-state index in [0.717, 1.165) is 18.6 Å². The summed E-state index contributed by atoms with van der Waals surface area (Å²) in [7, 11) is 0. The highest BCUT2D eigenvalue weighted by Crippen LogP contribution is 2.42. The predicted molar refractivity (Wildman–Crippen MR) is 93.8 cm³/mol. The molecule has 3 aromatic carbocycles. The van der Waals surface area contributed by atoms with Gasteiger partial charge in [0.05, 0.1) is 0 Å². The van der Waals surface area contributed by atoms with Gasteiger partial charge in [-0.2, -0.15) is 0 Å². The van der Waals surface area contributed by atoms with Crippen LogP contribution in [0.4, 0.5) is 0 Å². The Morgan fingerprint density at radius 3 is 1.96 bits per heavy atom. The molecule has 0 saturated heterocycles. The van der Waals surface area contributed by atoms with Gasteiger partial charge in [0.2, 0.25) is 0 Å². The van der Waals surface area contributed by atoms with Gasteiger partial charge in [0.1, 0.15) is 11.9 Å². The SMILES string of the molecule is c1ccc(OC2CCC(c3ccccc3)c3ccccc32)cc1. The number of para-hydroxylation sites is 1. The zero-order valence-electron chi connectivity index (χ0n) is 13.1. The monoisotopic (exact) mass is 300 g/mol. The molecule has 0 spiro atoms. The van der Waals surface area contributed by atoms with E-state index in [4.69, 9.17) is 4.74 Å². The summed E-state index contributed by atoms with van der Waals surface area (Å²) < 4.78 is 6.27. The highest BCUT2D eigenvalue weighted by atomic mass is 16.5. The Labute approximate surface area is 137 Å². The van der Waals surface area contributed by atoms with Gasteiger partial charge in [-0.15, -0.1) is 0 Å². The van der Waals surface area contributed by atoms with E-state index < -0.39 is 0 Å². The lowest BCUT2D eigenvalue weighted by Gasteiger charge is -2.32. The van der Waals surface area contributed by atoms with Crippen LogP contribution in [0.2, 0.25) is 0 Å². The second-order valence-electron chi connectivity index (χ2n) is 6.09. The maximum atomic E-state index is 6.27. The Kier molecular flexibility index (Phi) is 3.85. The van der Waals surface area contributed by atoms with Crippen molar-refractivity contribution in [2.45, 2.75) is 24.9 Å². The maximum absolute atomic E-state index is 6.27. The zero-order chi connectivity index (χ0) is 15.5. The molecule has 0 saturated carbocycles. The van der Waals surface area contributed by atoms with E-state index in [1.54, 1.807) is 0 Å². The molecule has 114 valence electrons. The van der Waals surface area contributed by atoms with Crippen molar-refractivity contribution in [3.05, 3.63) is 102 Å². The first kappa shape index (κ1) is 14.1. The molecule has 1 aliphatic rings. The van der Waals surface area contributed by atoms with Gasteiger partial charge in [-0.1, -0.05) is 72.8 Å². The van der Waals surface area contributed by atoms with Crippen LogP contribution in [0.15, 0.2) is 84.9 Å².